The van der Waals surface area contributed by atoms with Gasteiger partial charge in [-0.15, -0.1) is 50.6 Å². The molecule has 522 valence electrons. The Morgan fingerprint density at radius 1 is 0.367 bits per heavy atom. The summed E-state index contributed by atoms with van der Waals surface area (Å²) in [6.45, 7) is 2.47. The van der Waals surface area contributed by atoms with Crippen LogP contribution in [0, 0.1) is 50.6 Å². The second-order valence-corrected chi connectivity index (χ2v) is 18.4. The Kier molecular flexibility index (Phi) is 58.2. The molecule has 45 nitrogen and oxygen atoms in total. The van der Waals surface area contributed by atoms with Crippen molar-refractivity contribution in [2.24, 2.45) is 88.8 Å². The molecule has 0 fully saturated rings. The molecule has 0 heterocycles. The van der Waals surface area contributed by atoms with Gasteiger partial charge in [-0.1, -0.05) is 12.8 Å². The van der Waals surface area contributed by atoms with E-state index in [1.807, 2.05) is 0 Å². The third-order valence-corrected chi connectivity index (χ3v) is 10.7. The van der Waals surface area contributed by atoms with E-state index in [2.05, 4.69) is 54.8 Å². The van der Waals surface area contributed by atoms with E-state index in [-0.39, 0.29) is 94.9 Å². The molecule has 0 rings (SSSR count). The lowest BCUT2D eigenvalue weighted by molar-refractivity contribution is -0.790. The zero-order valence-electron chi connectivity index (χ0n) is 50.4. The van der Waals surface area contributed by atoms with Crippen LogP contribution in [0.1, 0.15) is 116 Å². The maximum Gasteiger partial charge on any atom is 0.322 e. The minimum absolute atomic E-state index is 0.00577. The molecule has 45 heteroatoms. The van der Waals surface area contributed by atoms with Gasteiger partial charge in [-0.25, -0.2) is 0 Å². The number of rotatable bonds is 52. The van der Waals surface area contributed by atoms with E-state index < -0.39 is 74.2 Å². The average molecular weight is 1310 g/mol. The van der Waals surface area contributed by atoms with E-state index in [1.54, 1.807) is 0 Å². The second-order valence-electron chi connectivity index (χ2n) is 18.4. The van der Waals surface area contributed by atoms with Crippen LogP contribution in [0.5, 0.6) is 0 Å². The Labute approximate surface area is 517 Å². The highest BCUT2D eigenvalue weighted by Gasteiger charge is 2.19. The molecule has 5 atom stereocenters. The van der Waals surface area contributed by atoms with E-state index in [9.17, 15) is 69.7 Å². The number of hydrogen-bond acceptors (Lipinski definition) is 30. The van der Waals surface area contributed by atoms with Gasteiger partial charge in [-0.3, -0.25) is 39.1 Å². The SMILES string of the molecule is NC(N)=NCCCC(N)C(=O)NCCCCCCO[N+](=O)[O-].NC(N)=NCCCC(N)C(=O)NCCOCCO[N+](=O)[O-].NC(N)=NCCCC(N)C(=O)OCCCCC(CO[N+](=O)[O-])O[N+](=O)[O-].NC(N)=NCCCC(N)C(=O)OCCCCCO[N+](=O)[O-]. The number of nitrogens with zero attached hydrogens (tertiary/aromatic N) is 9. The lowest BCUT2D eigenvalue weighted by Crippen LogP contribution is -2.42. The molecule has 0 aromatic heterocycles. The maximum absolute atomic E-state index is 11.7. The molecular formula is C45H95N23O22. The van der Waals surface area contributed by atoms with Crippen LogP contribution in [-0.2, 0) is 57.6 Å². The van der Waals surface area contributed by atoms with Crippen molar-refractivity contribution in [2.75, 3.05) is 92.1 Å². The summed E-state index contributed by atoms with van der Waals surface area (Å²) in [7, 11) is 0. The van der Waals surface area contributed by atoms with Gasteiger partial charge in [0, 0.05) is 39.3 Å². The quantitative estimate of drug-likeness (QED) is 0.00678. The molecule has 0 aliphatic carbocycles. The third-order valence-electron chi connectivity index (χ3n) is 10.7. The van der Waals surface area contributed by atoms with Gasteiger partial charge in [0.2, 0.25) is 11.8 Å². The van der Waals surface area contributed by atoms with Gasteiger partial charge in [-0.2, -0.15) is 0 Å². The predicted octanol–water partition coefficient (Wildman–Crippen LogP) is -4.88. The molecule has 26 N–H and O–H groups in total. The summed E-state index contributed by atoms with van der Waals surface area (Å²) in [5.74, 6) is -1.54. The van der Waals surface area contributed by atoms with E-state index in [1.165, 1.54) is 0 Å². The van der Waals surface area contributed by atoms with Crippen molar-refractivity contribution in [3.63, 3.8) is 0 Å². The Bertz CT molecular complexity index is 2040. The van der Waals surface area contributed by atoms with Crippen molar-refractivity contribution in [3.8, 4) is 0 Å². The highest BCUT2D eigenvalue weighted by Crippen LogP contribution is 2.08. The molecule has 0 aromatic carbocycles. The molecule has 0 saturated heterocycles. The minimum atomic E-state index is -1.08. The molecule has 2 amide bonds. The van der Waals surface area contributed by atoms with Crippen LogP contribution in [0.25, 0.3) is 0 Å². The van der Waals surface area contributed by atoms with Crippen LogP contribution < -0.4 is 79.4 Å². The van der Waals surface area contributed by atoms with E-state index in [0.29, 0.717) is 123 Å². The number of carbonyl (C=O) groups excluding carboxylic acids is 4. The zero-order chi connectivity index (χ0) is 68.9. The number of ether oxygens (including phenoxy) is 3. The van der Waals surface area contributed by atoms with Crippen molar-refractivity contribution >= 4 is 47.6 Å². The van der Waals surface area contributed by atoms with E-state index in [0.717, 1.165) is 19.3 Å². The highest BCUT2D eigenvalue weighted by molar-refractivity contribution is 5.82. The number of guanidine groups is 4. The van der Waals surface area contributed by atoms with E-state index >= 15 is 0 Å². The first-order valence-electron chi connectivity index (χ1n) is 28.1. The van der Waals surface area contributed by atoms with Crippen molar-refractivity contribution in [3.05, 3.63) is 50.6 Å². The second kappa shape index (κ2) is 60.1. The number of hydrogen-bond donors (Lipinski definition) is 14. The summed E-state index contributed by atoms with van der Waals surface area (Å²) in [6.07, 6.45) is 8.80. The first kappa shape index (κ1) is 87.2. The number of amides is 2. The summed E-state index contributed by atoms with van der Waals surface area (Å²) in [4.78, 5) is 132. The van der Waals surface area contributed by atoms with Crippen LogP contribution >= 0.6 is 0 Å². The molecule has 90 heavy (non-hydrogen) atoms. The summed E-state index contributed by atoms with van der Waals surface area (Å²) in [5.41, 5.74) is 64.0. The zero-order valence-corrected chi connectivity index (χ0v) is 50.4. The van der Waals surface area contributed by atoms with Crippen LogP contribution in [0.2, 0.25) is 0 Å². The first-order chi connectivity index (χ1) is 42.5. The first-order valence-corrected chi connectivity index (χ1v) is 28.1. The minimum Gasteiger partial charge on any atom is -0.465 e. The molecule has 0 radical (unpaired) electrons. The number of aliphatic imine (C=N–C) groups is 4. The Balaban J connectivity index is -0.000000550. The molecule has 0 aliphatic rings. The number of nitrogens with one attached hydrogen (secondary N) is 2. The summed E-state index contributed by atoms with van der Waals surface area (Å²) in [6, 6.07) is -2.71. The largest absolute Gasteiger partial charge is 0.465 e. The van der Waals surface area contributed by atoms with Crippen LogP contribution in [0.3, 0.4) is 0 Å². The van der Waals surface area contributed by atoms with Crippen LogP contribution in [-0.4, -0.2) is 195 Å². The molecule has 0 spiro atoms. The topological polar surface area (TPSA) is 744 Å². The van der Waals surface area contributed by atoms with Crippen molar-refractivity contribution < 1.29 is 83.0 Å². The summed E-state index contributed by atoms with van der Waals surface area (Å²) in [5, 5.41) is 50.7. The Morgan fingerprint density at radius 3 is 1.10 bits per heavy atom. The Morgan fingerprint density at radius 2 is 0.711 bits per heavy atom. The fourth-order valence-electron chi connectivity index (χ4n) is 6.27. The number of esters is 2. The number of carbonyl (C=O) groups is 4. The third kappa shape index (κ3) is 69.5. The molecule has 0 saturated carbocycles. The summed E-state index contributed by atoms with van der Waals surface area (Å²) >= 11 is 0. The number of nitrogens with two attached hydrogens (primary N) is 12. The predicted molar refractivity (Wildman–Crippen MR) is 320 cm³/mol. The standard InChI is InChI=1S/C12H24N6O8.C12H26N6O4.C11H23N5O5.C10H22N6O5/c13-10(5-3-6-16-12(14)15)11(19)24-7-2-1-4-9(26-18(22)23)8-25-17(20)21;13-10(6-5-8-17-12(14)15)11(19)16-7-3-1-2-4-9-22-18(20)21;12-9(5-4-6-15-11(13)14)10(17)20-7-2-1-3-8-21-16(18)19;11-8(2-1-3-15-10(12)13)9(17)14-4-5-20-6-7-21-16(18)19/h9-10H,1-8,13H2,(H4,14,15,16);10H,1-9,13H2,(H,16,19)(H4,14,15,17);9H,1-8,12H2,(H4,13,14,15);8H,1-7,11H2,(H,14,17)(H4,12,13,15). The molecule has 0 bridgehead atoms. The van der Waals surface area contributed by atoms with Gasteiger partial charge in [0.1, 0.15) is 31.4 Å². The average Bonchev–Trinajstić information content (AvgIpc) is 3.52. The molecule has 5 unspecified atom stereocenters. The van der Waals surface area contributed by atoms with Gasteiger partial charge in [0.15, 0.2) is 23.8 Å². The monoisotopic (exact) mass is 1310 g/mol. The molecular weight excluding hydrogens is 1210 g/mol. The molecule has 0 aliphatic heterocycles. The van der Waals surface area contributed by atoms with Gasteiger partial charge < -0.3 is 118 Å². The fourth-order valence-corrected chi connectivity index (χ4v) is 6.27. The Hall–Kier alpha value is -9.24. The van der Waals surface area contributed by atoms with Crippen LogP contribution in [0.15, 0.2) is 20.0 Å². The fraction of sp³-hybridized carbons (Fsp3) is 0.822. The number of unbranched alkanes of at least 4 members (excludes halogenated alkanes) is 6. The molecule has 0 aromatic rings. The van der Waals surface area contributed by atoms with Gasteiger partial charge in [0.25, 0.3) is 25.4 Å². The van der Waals surface area contributed by atoms with Gasteiger partial charge in [-0.05, 0) is 103 Å². The van der Waals surface area contributed by atoms with E-state index in [4.69, 9.17) is 83.0 Å². The lowest BCUT2D eigenvalue weighted by atomic mass is 10.1. The lowest BCUT2D eigenvalue weighted by Gasteiger charge is -2.14. The van der Waals surface area contributed by atoms with Crippen molar-refractivity contribution in [1.29, 1.82) is 0 Å². The van der Waals surface area contributed by atoms with Gasteiger partial charge in [0.05, 0.1) is 51.7 Å². The maximum atomic E-state index is 11.7. The van der Waals surface area contributed by atoms with Gasteiger partial charge >= 0.3 is 11.9 Å². The smallest absolute Gasteiger partial charge is 0.322 e. The van der Waals surface area contributed by atoms with Crippen molar-refractivity contribution in [1.82, 2.24) is 10.6 Å². The normalized spacial score (nSPS) is 11.8. The van der Waals surface area contributed by atoms with Crippen molar-refractivity contribution in [2.45, 2.75) is 146 Å². The summed E-state index contributed by atoms with van der Waals surface area (Å²) < 4.78 is 15.0. The highest BCUT2D eigenvalue weighted by atomic mass is 17.0. The van der Waals surface area contributed by atoms with Crippen LogP contribution in [0.4, 0.5) is 0 Å².